The molecule has 2 aromatic carbocycles. The minimum atomic E-state index is 0.316. The van der Waals surface area contributed by atoms with Gasteiger partial charge in [0.15, 0.2) is 0 Å². The van der Waals surface area contributed by atoms with Gasteiger partial charge >= 0.3 is 0 Å². The van der Waals surface area contributed by atoms with Gasteiger partial charge in [0.1, 0.15) is 5.75 Å². The fourth-order valence-electron chi connectivity index (χ4n) is 2.76. The normalized spacial score (nSPS) is 12.2. The molecule has 0 amide bonds. The Balaban J connectivity index is 2.29. The maximum absolute atomic E-state index is 5.31. The molecule has 2 heteroatoms. The Kier molecular flexibility index (Phi) is 5.03. The van der Waals surface area contributed by atoms with Crippen LogP contribution in [0.3, 0.4) is 0 Å². The first-order valence-corrected chi connectivity index (χ1v) is 7.43. The van der Waals surface area contributed by atoms with Crippen molar-refractivity contribution in [3.63, 3.8) is 0 Å². The molecule has 0 radical (unpaired) electrons. The van der Waals surface area contributed by atoms with Crippen molar-refractivity contribution in [2.45, 2.75) is 33.2 Å². The SMILES string of the molecule is CNC(Cc1cccc(OC)c1)c1cc(C)c(C)cc1C. The lowest BCUT2D eigenvalue weighted by Gasteiger charge is -2.21. The summed E-state index contributed by atoms with van der Waals surface area (Å²) in [4.78, 5) is 0. The van der Waals surface area contributed by atoms with Crippen molar-refractivity contribution >= 4 is 0 Å². The van der Waals surface area contributed by atoms with Gasteiger partial charge in [-0.1, -0.05) is 24.3 Å². The average molecular weight is 283 g/mol. The number of benzene rings is 2. The molecule has 1 unspecified atom stereocenters. The highest BCUT2D eigenvalue weighted by Crippen LogP contribution is 2.25. The van der Waals surface area contributed by atoms with Crippen LogP contribution in [0.2, 0.25) is 0 Å². The fraction of sp³-hybridized carbons (Fsp3) is 0.368. The highest BCUT2D eigenvalue weighted by Gasteiger charge is 2.14. The Morgan fingerprint density at radius 1 is 1.00 bits per heavy atom. The van der Waals surface area contributed by atoms with Gasteiger partial charge in [-0.15, -0.1) is 0 Å². The second-order valence-corrected chi connectivity index (χ2v) is 5.69. The second kappa shape index (κ2) is 6.77. The third-order valence-electron chi connectivity index (χ3n) is 4.18. The molecule has 2 rings (SSSR count). The van der Waals surface area contributed by atoms with Crippen LogP contribution in [0.4, 0.5) is 0 Å². The van der Waals surface area contributed by atoms with E-state index in [1.807, 2.05) is 19.2 Å². The summed E-state index contributed by atoms with van der Waals surface area (Å²) in [5.74, 6) is 0.916. The molecule has 0 bridgehead atoms. The third-order valence-corrected chi connectivity index (χ3v) is 4.18. The maximum atomic E-state index is 5.31. The van der Waals surface area contributed by atoms with E-state index >= 15 is 0 Å². The fourth-order valence-corrected chi connectivity index (χ4v) is 2.76. The first-order chi connectivity index (χ1) is 10.0. The number of hydrogen-bond acceptors (Lipinski definition) is 2. The van der Waals surface area contributed by atoms with Crippen LogP contribution in [-0.4, -0.2) is 14.2 Å². The van der Waals surface area contributed by atoms with Crippen molar-refractivity contribution in [3.05, 3.63) is 64.2 Å². The molecule has 0 aliphatic heterocycles. The number of ether oxygens (including phenoxy) is 1. The van der Waals surface area contributed by atoms with Crippen LogP contribution in [0.15, 0.2) is 36.4 Å². The molecule has 0 saturated heterocycles. The molecule has 0 aliphatic carbocycles. The van der Waals surface area contributed by atoms with Crippen LogP contribution < -0.4 is 10.1 Å². The van der Waals surface area contributed by atoms with Gasteiger partial charge in [-0.25, -0.2) is 0 Å². The number of likely N-dealkylation sites (N-methyl/N-ethyl adjacent to an activating group) is 1. The number of methoxy groups -OCH3 is 1. The van der Waals surface area contributed by atoms with Crippen LogP contribution in [0.5, 0.6) is 5.75 Å². The molecule has 112 valence electrons. The number of aryl methyl sites for hydroxylation is 3. The number of rotatable bonds is 5. The standard InChI is InChI=1S/C19H25NO/c1-13-9-15(3)18(10-14(13)2)19(20-4)12-16-7-6-8-17(11-16)21-5/h6-11,19-20H,12H2,1-5H3. The highest BCUT2D eigenvalue weighted by molar-refractivity contribution is 5.39. The van der Waals surface area contributed by atoms with E-state index in [4.69, 9.17) is 4.74 Å². The van der Waals surface area contributed by atoms with Crippen LogP contribution >= 0.6 is 0 Å². The van der Waals surface area contributed by atoms with E-state index in [0.717, 1.165) is 12.2 Å². The summed E-state index contributed by atoms with van der Waals surface area (Å²) in [7, 11) is 3.74. The van der Waals surface area contributed by atoms with Crippen molar-refractivity contribution in [3.8, 4) is 5.75 Å². The van der Waals surface area contributed by atoms with Crippen LogP contribution in [0, 0.1) is 20.8 Å². The van der Waals surface area contributed by atoms with Gasteiger partial charge in [-0.3, -0.25) is 0 Å². The molecule has 0 fully saturated rings. The zero-order chi connectivity index (χ0) is 15.4. The predicted molar refractivity (Wildman–Crippen MR) is 89.2 cm³/mol. The highest BCUT2D eigenvalue weighted by atomic mass is 16.5. The van der Waals surface area contributed by atoms with Gasteiger partial charge in [0.25, 0.3) is 0 Å². The molecule has 0 aromatic heterocycles. The van der Waals surface area contributed by atoms with E-state index in [2.05, 4.69) is 50.4 Å². The Hall–Kier alpha value is -1.80. The minimum Gasteiger partial charge on any atom is -0.497 e. The summed E-state index contributed by atoms with van der Waals surface area (Å²) in [5, 5.41) is 3.45. The lowest BCUT2D eigenvalue weighted by atomic mass is 9.92. The maximum Gasteiger partial charge on any atom is 0.119 e. The quantitative estimate of drug-likeness (QED) is 0.891. The molecular weight excluding hydrogens is 258 g/mol. The van der Waals surface area contributed by atoms with Crippen LogP contribution in [-0.2, 0) is 6.42 Å². The van der Waals surface area contributed by atoms with Crippen molar-refractivity contribution in [2.75, 3.05) is 14.2 Å². The summed E-state index contributed by atoms with van der Waals surface area (Å²) in [6, 6.07) is 13.2. The van der Waals surface area contributed by atoms with Gasteiger partial charge in [0, 0.05) is 6.04 Å². The predicted octanol–water partition coefficient (Wildman–Crippen LogP) is 4.12. The molecule has 2 aromatic rings. The molecule has 0 heterocycles. The zero-order valence-electron chi connectivity index (χ0n) is 13.7. The van der Waals surface area contributed by atoms with E-state index in [9.17, 15) is 0 Å². The van der Waals surface area contributed by atoms with E-state index in [0.29, 0.717) is 6.04 Å². The Morgan fingerprint density at radius 2 is 1.71 bits per heavy atom. The summed E-state index contributed by atoms with van der Waals surface area (Å²) in [6.07, 6.45) is 0.955. The smallest absolute Gasteiger partial charge is 0.119 e. The Labute approximate surface area is 128 Å². The average Bonchev–Trinajstić information content (AvgIpc) is 2.49. The van der Waals surface area contributed by atoms with E-state index < -0.39 is 0 Å². The van der Waals surface area contributed by atoms with Gasteiger partial charge in [-0.05, 0) is 74.2 Å². The lowest BCUT2D eigenvalue weighted by molar-refractivity contribution is 0.414. The molecule has 1 atom stereocenters. The van der Waals surface area contributed by atoms with Crippen molar-refractivity contribution in [2.24, 2.45) is 0 Å². The topological polar surface area (TPSA) is 21.3 Å². The first-order valence-electron chi connectivity index (χ1n) is 7.43. The largest absolute Gasteiger partial charge is 0.497 e. The van der Waals surface area contributed by atoms with Gasteiger partial charge in [0.2, 0.25) is 0 Å². The summed E-state index contributed by atoms with van der Waals surface area (Å²) < 4.78 is 5.31. The van der Waals surface area contributed by atoms with Crippen molar-refractivity contribution < 1.29 is 4.74 Å². The number of hydrogen-bond donors (Lipinski definition) is 1. The third kappa shape index (κ3) is 3.64. The van der Waals surface area contributed by atoms with Gasteiger partial charge < -0.3 is 10.1 Å². The summed E-state index contributed by atoms with van der Waals surface area (Å²) >= 11 is 0. The van der Waals surface area contributed by atoms with E-state index in [1.165, 1.54) is 27.8 Å². The van der Waals surface area contributed by atoms with Gasteiger partial charge in [-0.2, -0.15) is 0 Å². The molecule has 0 saturated carbocycles. The molecule has 21 heavy (non-hydrogen) atoms. The van der Waals surface area contributed by atoms with E-state index in [1.54, 1.807) is 7.11 Å². The van der Waals surface area contributed by atoms with Crippen molar-refractivity contribution in [1.29, 1.82) is 0 Å². The molecular formula is C19H25NO. The monoisotopic (exact) mass is 283 g/mol. The molecule has 1 N–H and O–H groups in total. The van der Waals surface area contributed by atoms with Gasteiger partial charge in [0.05, 0.1) is 7.11 Å². The van der Waals surface area contributed by atoms with E-state index in [-0.39, 0.29) is 0 Å². The minimum absolute atomic E-state index is 0.316. The molecule has 0 spiro atoms. The van der Waals surface area contributed by atoms with Crippen LogP contribution in [0.1, 0.15) is 33.9 Å². The Morgan fingerprint density at radius 3 is 2.38 bits per heavy atom. The Bertz CT molecular complexity index is 619. The second-order valence-electron chi connectivity index (χ2n) is 5.69. The van der Waals surface area contributed by atoms with Crippen molar-refractivity contribution in [1.82, 2.24) is 5.32 Å². The lowest BCUT2D eigenvalue weighted by Crippen LogP contribution is -2.20. The zero-order valence-corrected chi connectivity index (χ0v) is 13.7. The summed E-state index contributed by atoms with van der Waals surface area (Å²) in [6.45, 7) is 6.54. The molecule has 0 aliphatic rings. The first kappa shape index (κ1) is 15.6. The summed E-state index contributed by atoms with van der Waals surface area (Å²) in [5.41, 5.74) is 6.71. The number of nitrogens with one attached hydrogen (secondary N) is 1. The van der Waals surface area contributed by atoms with Crippen LogP contribution in [0.25, 0.3) is 0 Å². The molecule has 2 nitrogen and oxygen atoms in total.